The van der Waals surface area contributed by atoms with Crippen molar-refractivity contribution in [2.45, 2.75) is 19.6 Å². The number of nitrogens with zero attached hydrogens (tertiary/aromatic N) is 1. The average Bonchev–Trinajstić information content (AvgIpc) is 2.46. The van der Waals surface area contributed by atoms with E-state index in [4.69, 9.17) is 31.7 Å². The molecule has 0 aliphatic carbocycles. The molecule has 1 aromatic carbocycles. The van der Waals surface area contributed by atoms with Crippen molar-refractivity contribution in [1.82, 2.24) is 10.2 Å². The Balaban J connectivity index is 2.64. The molecule has 0 saturated carbocycles. The zero-order valence-electron chi connectivity index (χ0n) is 16.8. The molecule has 5 nitrogen and oxygen atoms in total. The summed E-state index contributed by atoms with van der Waals surface area (Å²) in [5, 5.41) is 5.59. The maximum atomic E-state index is 12.1. The predicted octanol–water partition coefficient (Wildman–Crippen LogP) is 3.68. The van der Waals surface area contributed by atoms with E-state index >= 15 is 0 Å². The second kappa shape index (κ2) is 5.85. The third kappa shape index (κ3) is 3.13. The van der Waals surface area contributed by atoms with Crippen LogP contribution in [0.5, 0.6) is 11.6 Å². The van der Waals surface area contributed by atoms with Crippen LogP contribution in [0.2, 0.25) is 5.02 Å². The second-order valence-corrected chi connectivity index (χ2v) is 5.01. The van der Waals surface area contributed by atoms with E-state index in [2.05, 4.69) is 21.0 Å². The first-order valence-corrected chi connectivity index (χ1v) is 6.42. The van der Waals surface area contributed by atoms with Crippen LogP contribution < -0.4 is 16.0 Å². The third-order valence-electron chi connectivity index (χ3n) is 2.25. The highest BCUT2D eigenvalue weighted by Gasteiger charge is 2.13. The highest BCUT2D eigenvalue weighted by molar-refractivity contribution is 9.10. The van der Waals surface area contributed by atoms with Gasteiger partial charge in [0.05, 0.1) is 10.9 Å². The number of hydrogen-bond donors (Lipinski definition) is 2. The van der Waals surface area contributed by atoms with Crippen LogP contribution in [0.15, 0.2) is 27.4 Å². The van der Waals surface area contributed by atoms with E-state index in [0.29, 0.717) is 10.2 Å². The fraction of sp³-hybridized carbons (Fsp3) is 0.231. The fourth-order valence-electron chi connectivity index (χ4n) is 1.39. The van der Waals surface area contributed by atoms with E-state index in [9.17, 15) is 4.79 Å². The van der Waals surface area contributed by atoms with Crippen LogP contribution in [0.4, 0.5) is 5.69 Å². The van der Waals surface area contributed by atoms with Gasteiger partial charge in [-0.15, -0.1) is 5.10 Å². The summed E-state index contributed by atoms with van der Waals surface area (Å²) in [5.74, 6) is -2.71. The highest BCUT2D eigenvalue weighted by Crippen LogP contribution is 2.37. The third-order valence-corrected chi connectivity index (χ3v) is 3.12. The smallest absolute Gasteiger partial charge is 0.267 e. The molecule has 20 heavy (non-hydrogen) atoms. The van der Waals surface area contributed by atoms with Gasteiger partial charge in [0.1, 0.15) is 0 Å². The lowest BCUT2D eigenvalue weighted by atomic mass is 10.1. The molecule has 0 saturated heterocycles. The zero-order chi connectivity index (χ0) is 20.7. The van der Waals surface area contributed by atoms with Gasteiger partial charge in [0.2, 0.25) is 5.88 Å². The van der Waals surface area contributed by atoms with Crippen molar-refractivity contribution in [2.24, 2.45) is 0 Å². The molecule has 2 aromatic rings. The summed E-state index contributed by atoms with van der Waals surface area (Å²) in [4.78, 5) is 12.1. The van der Waals surface area contributed by atoms with Crippen LogP contribution in [-0.4, -0.2) is 10.2 Å². The molecular weight excluding hydrogens is 346 g/mol. The number of aromatic amines is 1. The molecule has 0 fully saturated rings. The Kier molecular flexibility index (Phi) is 2.35. The van der Waals surface area contributed by atoms with E-state index < -0.39 is 42.7 Å². The molecule has 0 amide bonds. The van der Waals surface area contributed by atoms with Crippen LogP contribution in [0.3, 0.4) is 0 Å². The lowest BCUT2D eigenvalue weighted by Crippen LogP contribution is -2.15. The Labute approximate surface area is 139 Å². The van der Waals surface area contributed by atoms with Crippen LogP contribution in [0.25, 0.3) is 0 Å². The molecular formula is C13H13BrClN3O2. The van der Waals surface area contributed by atoms with Gasteiger partial charge in [-0.1, -0.05) is 25.3 Å². The van der Waals surface area contributed by atoms with Crippen LogP contribution in [0, 0.1) is 0 Å². The van der Waals surface area contributed by atoms with Gasteiger partial charge in [-0.3, -0.25) is 4.79 Å². The van der Waals surface area contributed by atoms with Crippen molar-refractivity contribution in [3.63, 3.8) is 0 Å². The minimum atomic E-state index is -3.06. The number of ether oxygens (including phenoxy) is 1. The molecule has 0 spiro atoms. The molecule has 7 heteroatoms. The summed E-state index contributed by atoms with van der Waals surface area (Å²) < 4.78 is 58.8. The number of H-pyrrole nitrogens is 1. The predicted molar refractivity (Wildman–Crippen MR) is 82.6 cm³/mol. The molecule has 0 atom stereocenters. The van der Waals surface area contributed by atoms with Crippen molar-refractivity contribution in [3.8, 4) is 11.6 Å². The van der Waals surface area contributed by atoms with Gasteiger partial charge in [-0.25, -0.2) is 5.10 Å². The SMILES string of the molecule is [2H]c1c(Oc2c(Cl)cc(N)cc2Br)n[nH]c(=O)c1C(C([2H])([2H])[2H])C([2H])([2H])[2H]. The first-order chi connectivity index (χ1) is 12.2. The number of rotatable bonds is 3. The maximum Gasteiger partial charge on any atom is 0.267 e. The summed E-state index contributed by atoms with van der Waals surface area (Å²) in [5.41, 5.74) is 4.08. The normalized spacial score (nSPS) is 17.2. The largest absolute Gasteiger partial charge is 0.435 e. The summed E-state index contributed by atoms with van der Waals surface area (Å²) in [6.07, 6.45) is 0. The van der Waals surface area contributed by atoms with Gasteiger partial charge in [-0.2, -0.15) is 0 Å². The summed E-state index contributed by atoms with van der Waals surface area (Å²) in [7, 11) is 0. The van der Waals surface area contributed by atoms with Crippen LogP contribution in [-0.2, 0) is 0 Å². The van der Waals surface area contributed by atoms with E-state index in [1.165, 1.54) is 12.1 Å². The number of benzene rings is 1. The Bertz CT molecular complexity index is 893. The standard InChI is InChI=1S/C13H13BrClN3O2/c1-6(2)8-5-11(17-18-13(8)19)20-12-9(14)3-7(16)4-10(12)15/h3-6H,16H2,1-2H3,(H,18,19)/i1D3,2D3,5D. The lowest BCUT2D eigenvalue weighted by Gasteiger charge is -2.11. The molecule has 0 bridgehead atoms. The number of halogens is 2. The van der Waals surface area contributed by atoms with Gasteiger partial charge in [0.25, 0.3) is 5.56 Å². The first-order valence-electron chi connectivity index (χ1n) is 8.75. The van der Waals surface area contributed by atoms with Gasteiger partial charge in [0.15, 0.2) is 5.75 Å². The van der Waals surface area contributed by atoms with Crippen LogP contribution in [0.1, 0.15) is 34.8 Å². The number of nitrogen functional groups attached to an aromatic ring is 1. The van der Waals surface area contributed by atoms with E-state index in [1.807, 2.05) is 5.10 Å². The number of nitrogens with one attached hydrogen (secondary N) is 1. The molecule has 1 aromatic heterocycles. The molecule has 0 aliphatic rings. The molecule has 106 valence electrons. The number of anilines is 1. The van der Waals surface area contributed by atoms with Crippen LogP contribution >= 0.6 is 27.5 Å². The Morgan fingerprint density at radius 3 is 3.00 bits per heavy atom. The van der Waals surface area contributed by atoms with E-state index in [-0.39, 0.29) is 10.8 Å². The Hall–Kier alpha value is -1.53. The highest BCUT2D eigenvalue weighted by atomic mass is 79.9. The Morgan fingerprint density at radius 2 is 2.35 bits per heavy atom. The zero-order valence-corrected chi connectivity index (χ0v) is 12.2. The van der Waals surface area contributed by atoms with Gasteiger partial charge in [0, 0.05) is 25.5 Å². The molecule has 0 radical (unpaired) electrons. The monoisotopic (exact) mass is 364 g/mol. The van der Waals surface area contributed by atoms with E-state index in [1.54, 1.807) is 0 Å². The van der Waals surface area contributed by atoms with Gasteiger partial charge in [-0.05, 0) is 34.0 Å². The number of nitrogens with two attached hydrogens (primary N) is 1. The second-order valence-electron chi connectivity index (χ2n) is 3.75. The lowest BCUT2D eigenvalue weighted by molar-refractivity contribution is 0.450. The van der Waals surface area contributed by atoms with Crippen molar-refractivity contribution >= 4 is 33.2 Å². The maximum absolute atomic E-state index is 12.1. The fourth-order valence-corrected chi connectivity index (χ4v) is 2.33. The minimum Gasteiger partial charge on any atom is -0.435 e. The molecule has 1 heterocycles. The minimum absolute atomic E-state index is 0.00387. The molecule has 0 aliphatic heterocycles. The van der Waals surface area contributed by atoms with E-state index in [0.717, 1.165) is 0 Å². The molecule has 0 unspecified atom stereocenters. The quantitative estimate of drug-likeness (QED) is 0.813. The average molecular weight is 366 g/mol. The summed E-state index contributed by atoms with van der Waals surface area (Å²) in [6.45, 7) is -6.13. The Morgan fingerprint density at radius 1 is 1.60 bits per heavy atom. The van der Waals surface area contributed by atoms with Crippen molar-refractivity contribution in [1.29, 1.82) is 0 Å². The number of hydrogen-bond acceptors (Lipinski definition) is 4. The van der Waals surface area contributed by atoms with Gasteiger partial charge >= 0.3 is 0 Å². The number of aromatic nitrogens is 2. The molecule has 2 rings (SSSR count). The van der Waals surface area contributed by atoms with Crippen molar-refractivity contribution < 1.29 is 14.3 Å². The summed E-state index contributed by atoms with van der Waals surface area (Å²) >= 11 is 9.21. The summed E-state index contributed by atoms with van der Waals surface area (Å²) in [6, 6.07) is 2.06. The topological polar surface area (TPSA) is 81.0 Å². The molecule has 3 N–H and O–H groups in total. The van der Waals surface area contributed by atoms with Crippen molar-refractivity contribution in [3.05, 3.63) is 43.6 Å². The first kappa shape index (κ1) is 8.05. The van der Waals surface area contributed by atoms with Gasteiger partial charge < -0.3 is 10.5 Å². The van der Waals surface area contributed by atoms with Crippen molar-refractivity contribution in [2.75, 3.05) is 5.73 Å².